The fraction of sp³-hybridized carbons (Fsp3) is 0.481. The normalized spacial score (nSPS) is 17.0. The number of aryl methyl sites for hydroxylation is 1. The van der Waals surface area contributed by atoms with E-state index in [4.69, 9.17) is 11.6 Å². The first kappa shape index (κ1) is 29.3. The van der Waals surface area contributed by atoms with Crippen molar-refractivity contribution in [1.29, 1.82) is 0 Å². The van der Waals surface area contributed by atoms with Gasteiger partial charge in [0.15, 0.2) is 0 Å². The average Bonchev–Trinajstić information content (AvgIpc) is 2.84. The number of rotatable bonds is 11. The van der Waals surface area contributed by atoms with Gasteiger partial charge in [-0.05, 0) is 56.2 Å². The minimum atomic E-state index is -0.0456. The van der Waals surface area contributed by atoms with Crippen LogP contribution in [-0.2, 0) is 16.0 Å². The van der Waals surface area contributed by atoms with Gasteiger partial charge < -0.3 is 25.2 Å². The summed E-state index contributed by atoms with van der Waals surface area (Å²) < 4.78 is 0. The lowest BCUT2D eigenvalue weighted by atomic mass is 10.1. The zero-order valence-corrected chi connectivity index (χ0v) is 22.1. The van der Waals surface area contributed by atoms with E-state index < -0.39 is 0 Å². The molecule has 1 amide bonds. The molecule has 0 bridgehead atoms. The molecule has 2 atom stereocenters. The number of benzene rings is 1. The van der Waals surface area contributed by atoms with Crippen LogP contribution in [0.15, 0.2) is 54.8 Å². The lowest BCUT2D eigenvalue weighted by molar-refractivity contribution is -0.133. The molecular weight excluding hydrogens is 448 g/mol. The highest BCUT2D eigenvalue weighted by molar-refractivity contribution is 6.21. The molecule has 1 aromatic carbocycles. The molecular formula is C27H41ClN4O2. The van der Waals surface area contributed by atoms with Crippen molar-refractivity contribution < 1.29 is 9.59 Å². The van der Waals surface area contributed by atoms with Gasteiger partial charge in [-0.3, -0.25) is 4.79 Å². The highest BCUT2D eigenvalue weighted by Crippen LogP contribution is 2.22. The first-order valence-corrected chi connectivity index (χ1v) is 12.5. The second-order valence-corrected chi connectivity index (χ2v) is 8.62. The van der Waals surface area contributed by atoms with Crippen LogP contribution < -0.4 is 10.6 Å². The number of alkyl halides is 1. The van der Waals surface area contributed by atoms with Crippen molar-refractivity contribution in [1.82, 2.24) is 9.80 Å². The molecule has 0 spiro atoms. The predicted octanol–water partition coefficient (Wildman–Crippen LogP) is 5.08. The maximum Gasteiger partial charge on any atom is 0.242 e. The number of allylic oxidation sites excluding steroid dienone is 4. The lowest BCUT2D eigenvalue weighted by Crippen LogP contribution is -2.54. The Labute approximate surface area is 210 Å². The number of hydrogen-bond donors (Lipinski definition) is 2. The first-order chi connectivity index (χ1) is 16.4. The number of piperazine rings is 1. The smallest absolute Gasteiger partial charge is 0.242 e. The van der Waals surface area contributed by atoms with Crippen molar-refractivity contribution in [3.05, 3.63) is 60.3 Å². The molecule has 1 saturated heterocycles. The van der Waals surface area contributed by atoms with Crippen LogP contribution in [0.4, 0.5) is 11.4 Å². The van der Waals surface area contributed by atoms with Crippen LogP contribution in [0.2, 0.25) is 0 Å². The second-order valence-electron chi connectivity index (χ2n) is 7.93. The van der Waals surface area contributed by atoms with E-state index in [9.17, 15) is 9.59 Å². The number of nitrogens with one attached hydrogen (secondary N) is 2. The molecule has 34 heavy (non-hydrogen) atoms. The fourth-order valence-corrected chi connectivity index (χ4v) is 3.90. The van der Waals surface area contributed by atoms with Crippen molar-refractivity contribution in [3.63, 3.8) is 0 Å². The molecule has 0 aromatic heterocycles. The number of amides is 1. The number of carbonyl (C=O) groups is 2. The van der Waals surface area contributed by atoms with Gasteiger partial charge in [0.25, 0.3) is 0 Å². The number of halogens is 1. The summed E-state index contributed by atoms with van der Waals surface area (Å²) in [4.78, 5) is 27.8. The molecule has 188 valence electrons. The topological polar surface area (TPSA) is 64.7 Å². The van der Waals surface area contributed by atoms with E-state index in [1.54, 1.807) is 6.08 Å². The minimum absolute atomic E-state index is 0.0456. The highest BCUT2D eigenvalue weighted by Gasteiger charge is 2.27. The Balaban J connectivity index is 0.00000281. The number of carbonyl (C=O) groups excluding carboxylic acids is 2. The van der Waals surface area contributed by atoms with Gasteiger partial charge in [0.2, 0.25) is 5.91 Å². The average molecular weight is 489 g/mol. The molecule has 0 radical (unpaired) electrons. The molecule has 0 aliphatic carbocycles. The van der Waals surface area contributed by atoms with Crippen LogP contribution in [0.1, 0.15) is 39.7 Å². The van der Waals surface area contributed by atoms with E-state index in [1.165, 1.54) is 0 Å². The fourth-order valence-electron chi connectivity index (χ4n) is 3.83. The Morgan fingerprint density at radius 3 is 2.65 bits per heavy atom. The molecule has 1 fully saturated rings. The molecule has 1 aromatic rings. The van der Waals surface area contributed by atoms with Crippen LogP contribution in [0.3, 0.4) is 0 Å². The van der Waals surface area contributed by atoms with Gasteiger partial charge in [0, 0.05) is 61.6 Å². The summed E-state index contributed by atoms with van der Waals surface area (Å²) in [6.45, 7) is 14.2. The van der Waals surface area contributed by atoms with Gasteiger partial charge >= 0.3 is 0 Å². The number of aldehydes is 1. The van der Waals surface area contributed by atoms with E-state index in [0.717, 1.165) is 42.0 Å². The van der Waals surface area contributed by atoms with Crippen molar-refractivity contribution in [3.8, 4) is 0 Å². The van der Waals surface area contributed by atoms with Crippen LogP contribution in [-0.4, -0.2) is 66.6 Å². The van der Waals surface area contributed by atoms with Gasteiger partial charge in [-0.2, -0.15) is 0 Å². The third kappa shape index (κ3) is 9.26. The number of hydrogen-bond acceptors (Lipinski definition) is 5. The number of anilines is 2. The summed E-state index contributed by atoms with van der Waals surface area (Å²) in [5.74, 6) is 0.0726. The predicted molar refractivity (Wildman–Crippen MR) is 146 cm³/mol. The maximum absolute atomic E-state index is 12.9. The van der Waals surface area contributed by atoms with Crippen LogP contribution >= 0.6 is 11.6 Å². The SMILES string of the molecule is C=C/C=C(\C=C/C(C)Cl)N1CCN(C(=O)CNc2ccc(NC)c(CCC=O)c2)C(C)C1.CC. The van der Waals surface area contributed by atoms with Gasteiger partial charge in [-0.1, -0.05) is 32.6 Å². The van der Waals surface area contributed by atoms with Crippen molar-refractivity contribution >= 4 is 35.2 Å². The lowest BCUT2D eigenvalue weighted by Gasteiger charge is -2.41. The Morgan fingerprint density at radius 2 is 2.06 bits per heavy atom. The van der Waals surface area contributed by atoms with E-state index in [2.05, 4.69) is 29.0 Å². The summed E-state index contributed by atoms with van der Waals surface area (Å²) in [5, 5.41) is 6.35. The van der Waals surface area contributed by atoms with Crippen molar-refractivity contribution in [2.75, 3.05) is 43.9 Å². The zero-order chi connectivity index (χ0) is 25.5. The molecule has 7 heteroatoms. The Bertz CT molecular complexity index is 851. The summed E-state index contributed by atoms with van der Waals surface area (Å²) in [6.07, 6.45) is 9.77. The Kier molecular flexibility index (Phi) is 13.8. The highest BCUT2D eigenvalue weighted by atomic mass is 35.5. The molecule has 2 N–H and O–H groups in total. The molecule has 1 aliphatic heterocycles. The summed E-state index contributed by atoms with van der Waals surface area (Å²) in [6, 6.07) is 6.00. The Hall–Kier alpha value is -2.73. The molecule has 1 aliphatic rings. The van der Waals surface area contributed by atoms with Crippen LogP contribution in [0.25, 0.3) is 0 Å². The van der Waals surface area contributed by atoms with Crippen molar-refractivity contribution in [2.24, 2.45) is 0 Å². The largest absolute Gasteiger partial charge is 0.388 e. The van der Waals surface area contributed by atoms with E-state index >= 15 is 0 Å². The Morgan fingerprint density at radius 1 is 1.32 bits per heavy atom. The second kappa shape index (κ2) is 16.0. The standard InChI is InChI=1S/C25H35ClN4O2.C2H6/c1-5-7-23(11-9-19(2)26)29-13-14-30(20(3)18-29)25(32)17-28-22-10-12-24(27-4)21(16-22)8-6-15-31;1-2/h5,7,9-12,15-16,19-20,27-28H,1,6,8,13-14,17-18H2,2-4H3;1-2H3/b11-9-,23-7+;. The van der Waals surface area contributed by atoms with Gasteiger partial charge in [-0.25, -0.2) is 0 Å². The molecule has 0 saturated carbocycles. The van der Waals surface area contributed by atoms with E-state index in [-0.39, 0.29) is 23.9 Å². The van der Waals surface area contributed by atoms with Crippen LogP contribution in [0.5, 0.6) is 0 Å². The third-order valence-corrected chi connectivity index (χ3v) is 5.63. The first-order valence-electron chi connectivity index (χ1n) is 12.1. The number of nitrogens with zero attached hydrogens (tertiary/aromatic N) is 2. The van der Waals surface area contributed by atoms with Gasteiger partial charge in [0.05, 0.1) is 6.54 Å². The minimum Gasteiger partial charge on any atom is -0.388 e. The molecule has 2 unspecified atom stereocenters. The maximum atomic E-state index is 12.9. The molecule has 6 nitrogen and oxygen atoms in total. The van der Waals surface area contributed by atoms with Crippen molar-refractivity contribution in [2.45, 2.75) is 52.0 Å². The van der Waals surface area contributed by atoms with E-state index in [0.29, 0.717) is 19.4 Å². The molecule has 1 heterocycles. The monoisotopic (exact) mass is 488 g/mol. The third-order valence-electron chi connectivity index (χ3n) is 5.48. The zero-order valence-electron chi connectivity index (χ0n) is 21.3. The van der Waals surface area contributed by atoms with Crippen LogP contribution in [0, 0.1) is 0 Å². The summed E-state index contributed by atoms with van der Waals surface area (Å²) >= 11 is 6.05. The summed E-state index contributed by atoms with van der Waals surface area (Å²) in [7, 11) is 1.86. The quantitative estimate of drug-likeness (QED) is 0.258. The molecule has 2 rings (SSSR count). The van der Waals surface area contributed by atoms with Gasteiger partial charge in [0.1, 0.15) is 6.29 Å². The summed E-state index contributed by atoms with van der Waals surface area (Å²) in [5.41, 5.74) is 3.98. The van der Waals surface area contributed by atoms with E-state index in [1.807, 2.05) is 69.1 Å². The van der Waals surface area contributed by atoms with Gasteiger partial charge in [-0.15, -0.1) is 11.6 Å².